The molecule has 0 saturated carbocycles. The summed E-state index contributed by atoms with van der Waals surface area (Å²) in [5, 5.41) is 4.67. The molecule has 3 nitrogen and oxygen atoms in total. The molecule has 0 atom stereocenters. The molecule has 0 bridgehead atoms. The van der Waals surface area contributed by atoms with Crippen LogP contribution in [0, 0.1) is 0 Å². The van der Waals surface area contributed by atoms with Crippen LogP contribution in [0.25, 0.3) is 10.9 Å². The van der Waals surface area contributed by atoms with Gasteiger partial charge in [0.2, 0.25) is 0 Å². The molecule has 0 unspecified atom stereocenters. The Hall–Kier alpha value is -1.32. The van der Waals surface area contributed by atoms with Crippen LogP contribution in [0.2, 0.25) is 0 Å². The molecule has 1 aromatic carbocycles. The number of hydrogen-bond acceptors (Lipinski definition) is 2. The molecule has 3 heteroatoms. The molecule has 0 spiro atoms. The average Bonchev–Trinajstić information content (AvgIpc) is 2.89. The van der Waals surface area contributed by atoms with Crippen LogP contribution in [-0.4, -0.2) is 43.6 Å². The van der Waals surface area contributed by atoms with E-state index >= 15 is 0 Å². The highest BCUT2D eigenvalue weighted by atomic mass is 15.1. The molecule has 20 heavy (non-hydrogen) atoms. The van der Waals surface area contributed by atoms with E-state index in [1.165, 1.54) is 48.0 Å². The number of aromatic amines is 1. The van der Waals surface area contributed by atoms with E-state index in [1.807, 2.05) is 7.05 Å². The van der Waals surface area contributed by atoms with E-state index in [0.29, 0.717) is 0 Å². The van der Waals surface area contributed by atoms with E-state index < -0.39 is 0 Å². The molecule has 0 radical (unpaired) electrons. The Labute approximate surface area is 121 Å². The highest BCUT2D eigenvalue weighted by Crippen LogP contribution is 2.33. The number of benzene rings is 1. The van der Waals surface area contributed by atoms with Gasteiger partial charge in [0.05, 0.1) is 0 Å². The zero-order valence-electron chi connectivity index (χ0n) is 12.6. The number of rotatable bonds is 4. The lowest BCUT2D eigenvalue weighted by molar-refractivity contribution is 0.256. The van der Waals surface area contributed by atoms with Gasteiger partial charge in [0.1, 0.15) is 0 Å². The van der Waals surface area contributed by atoms with Crippen molar-refractivity contribution in [2.75, 3.05) is 33.7 Å². The molecular weight excluding hydrogens is 246 g/mol. The third-order valence-corrected chi connectivity index (χ3v) is 4.60. The Bertz CT molecular complexity index is 565. The van der Waals surface area contributed by atoms with Crippen molar-refractivity contribution in [1.82, 2.24) is 15.2 Å². The largest absolute Gasteiger partial charge is 0.361 e. The van der Waals surface area contributed by atoms with Gasteiger partial charge in [-0.3, -0.25) is 0 Å². The van der Waals surface area contributed by atoms with Crippen molar-refractivity contribution in [2.45, 2.75) is 25.2 Å². The normalized spacial score (nSPS) is 17.9. The molecular formula is C17H25N3. The molecule has 2 N–H and O–H groups in total. The van der Waals surface area contributed by atoms with Crippen LogP contribution >= 0.6 is 0 Å². The number of likely N-dealkylation sites (N-methyl/N-ethyl adjacent to an activating group) is 1. The van der Waals surface area contributed by atoms with E-state index in [2.05, 4.69) is 46.6 Å². The zero-order chi connectivity index (χ0) is 13.9. The molecule has 1 fully saturated rings. The van der Waals surface area contributed by atoms with Crippen LogP contribution in [0.3, 0.4) is 0 Å². The SMILES string of the molecule is CNCCc1ccc2[nH]cc(C3CCN(C)CC3)c2c1. The summed E-state index contributed by atoms with van der Waals surface area (Å²) in [7, 11) is 4.24. The van der Waals surface area contributed by atoms with Crippen LogP contribution in [0.15, 0.2) is 24.4 Å². The quantitative estimate of drug-likeness (QED) is 0.896. The van der Waals surface area contributed by atoms with Gasteiger partial charge in [-0.25, -0.2) is 0 Å². The molecule has 1 aliphatic rings. The minimum Gasteiger partial charge on any atom is -0.361 e. The summed E-state index contributed by atoms with van der Waals surface area (Å²) in [6, 6.07) is 6.87. The summed E-state index contributed by atoms with van der Waals surface area (Å²) >= 11 is 0. The second-order valence-corrected chi connectivity index (χ2v) is 6.06. The molecule has 108 valence electrons. The summed E-state index contributed by atoms with van der Waals surface area (Å²) in [6.07, 6.45) is 5.90. The van der Waals surface area contributed by atoms with Gasteiger partial charge in [-0.1, -0.05) is 6.07 Å². The van der Waals surface area contributed by atoms with Crippen LogP contribution in [0.4, 0.5) is 0 Å². The highest BCUT2D eigenvalue weighted by molar-refractivity contribution is 5.84. The van der Waals surface area contributed by atoms with Gasteiger partial charge in [0, 0.05) is 17.1 Å². The monoisotopic (exact) mass is 271 g/mol. The predicted molar refractivity (Wildman–Crippen MR) is 85.4 cm³/mol. The van der Waals surface area contributed by atoms with Crippen molar-refractivity contribution in [2.24, 2.45) is 0 Å². The third-order valence-electron chi connectivity index (χ3n) is 4.60. The van der Waals surface area contributed by atoms with Gasteiger partial charge in [-0.2, -0.15) is 0 Å². The average molecular weight is 271 g/mol. The molecule has 0 amide bonds. The number of nitrogens with zero attached hydrogens (tertiary/aromatic N) is 1. The molecule has 1 aromatic heterocycles. The fourth-order valence-corrected chi connectivity index (χ4v) is 3.27. The first kappa shape index (κ1) is 13.7. The Morgan fingerprint density at radius 3 is 2.85 bits per heavy atom. The van der Waals surface area contributed by atoms with Crippen LogP contribution in [0.5, 0.6) is 0 Å². The van der Waals surface area contributed by atoms with Gasteiger partial charge in [-0.05, 0) is 82.2 Å². The van der Waals surface area contributed by atoms with Gasteiger partial charge in [0.25, 0.3) is 0 Å². The molecule has 2 heterocycles. The van der Waals surface area contributed by atoms with Gasteiger partial charge in [-0.15, -0.1) is 0 Å². The van der Waals surface area contributed by atoms with Crippen LogP contribution < -0.4 is 5.32 Å². The number of aromatic nitrogens is 1. The second kappa shape index (κ2) is 5.98. The number of hydrogen-bond donors (Lipinski definition) is 2. The first-order valence-electron chi connectivity index (χ1n) is 7.71. The van der Waals surface area contributed by atoms with E-state index in [0.717, 1.165) is 18.9 Å². The fourth-order valence-electron chi connectivity index (χ4n) is 3.27. The Kier molecular flexibility index (Phi) is 4.08. The van der Waals surface area contributed by atoms with Crippen molar-refractivity contribution >= 4 is 10.9 Å². The first-order valence-corrected chi connectivity index (χ1v) is 7.71. The molecule has 2 aromatic rings. The lowest BCUT2D eigenvalue weighted by atomic mass is 9.89. The Morgan fingerprint density at radius 1 is 1.30 bits per heavy atom. The fraction of sp³-hybridized carbons (Fsp3) is 0.529. The number of fused-ring (bicyclic) bond motifs is 1. The van der Waals surface area contributed by atoms with E-state index in [9.17, 15) is 0 Å². The van der Waals surface area contributed by atoms with Gasteiger partial charge in [0.15, 0.2) is 0 Å². The lowest BCUT2D eigenvalue weighted by Crippen LogP contribution is -2.29. The lowest BCUT2D eigenvalue weighted by Gasteiger charge is -2.28. The number of H-pyrrole nitrogens is 1. The van der Waals surface area contributed by atoms with Crippen LogP contribution in [0.1, 0.15) is 29.9 Å². The topological polar surface area (TPSA) is 31.1 Å². The number of piperidine rings is 1. The standard InChI is InChI=1S/C17H25N3/c1-18-8-5-13-3-4-17-15(11-13)16(12-19-17)14-6-9-20(2)10-7-14/h3-4,11-12,14,18-19H,5-10H2,1-2H3. The van der Waals surface area contributed by atoms with E-state index in [4.69, 9.17) is 0 Å². The van der Waals surface area contributed by atoms with E-state index in [1.54, 1.807) is 0 Å². The Morgan fingerprint density at radius 2 is 2.10 bits per heavy atom. The summed E-state index contributed by atoms with van der Waals surface area (Å²) < 4.78 is 0. The minimum absolute atomic E-state index is 0.722. The maximum Gasteiger partial charge on any atom is 0.0457 e. The second-order valence-electron chi connectivity index (χ2n) is 6.06. The van der Waals surface area contributed by atoms with Crippen molar-refractivity contribution < 1.29 is 0 Å². The smallest absolute Gasteiger partial charge is 0.0457 e. The van der Waals surface area contributed by atoms with Crippen LogP contribution in [-0.2, 0) is 6.42 Å². The number of likely N-dealkylation sites (tertiary alicyclic amines) is 1. The summed E-state index contributed by atoms with van der Waals surface area (Å²) in [6.45, 7) is 3.48. The maximum atomic E-state index is 3.45. The van der Waals surface area contributed by atoms with Crippen molar-refractivity contribution in [1.29, 1.82) is 0 Å². The zero-order valence-corrected chi connectivity index (χ0v) is 12.6. The highest BCUT2D eigenvalue weighted by Gasteiger charge is 2.20. The maximum absolute atomic E-state index is 3.45. The summed E-state index contributed by atoms with van der Waals surface area (Å²) in [5.41, 5.74) is 4.24. The third kappa shape index (κ3) is 2.74. The molecule has 3 rings (SSSR count). The van der Waals surface area contributed by atoms with Crippen molar-refractivity contribution in [3.05, 3.63) is 35.5 Å². The van der Waals surface area contributed by atoms with Crippen molar-refractivity contribution in [3.8, 4) is 0 Å². The summed E-state index contributed by atoms with van der Waals surface area (Å²) in [5.74, 6) is 0.722. The molecule has 1 aliphatic heterocycles. The summed E-state index contributed by atoms with van der Waals surface area (Å²) in [4.78, 5) is 5.88. The first-order chi connectivity index (χ1) is 9.78. The molecule has 0 aliphatic carbocycles. The van der Waals surface area contributed by atoms with Gasteiger partial charge < -0.3 is 15.2 Å². The minimum atomic E-state index is 0.722. The predicted octanol–water partition coefficient (Wildman–Crippen LogP) is 2.74. The molecule has 1 saturated heterocycles. The van der Waals surface area contributed by atoms with Crippen molar-refractivity contribution in [3.63, 3.8) is 0 Å². The van der Waals surface area contributed by atoms with Gasteiger partial charge >= 0.3 is 0 Å². The Balaban J connectivity index is 1.86. The van der Waals surface area contributed by atoms with E-state index in [-0.39, 0.29) is 0 Å². The number of nitrogens with one attached hydrogen (secondary N) is 2.